The lowest BCUT2D eigenvalue weighted by Crippen LogP contribution is -2.24. The second-order valence-corrected chi connectivity index (χ2v) is 4.12. The predicted molar refractivity (Wildman–Crippen MR) is 66.7 cm³/mol. The minimum Gasteiger partial charge on any atom is -0.443 e. The van der Waals surface area contributed by atoms with Crippen molar-refractivity contribution in [3.8, 4) is 6.07 Å². The van der Waals surface area contributed by atoms with Gasteiger partial charge in [-0.2, -0.15) is 5.26 Å². The first kappa shape index (κ1) is 11.5. The summed E-state index contributed by atoms with van der Waals surface area (Å²) in [5, 5.41) is 8.96. The van der Waals surface area contributed by atoms with Crippen LogP contribution in [0.1, 0.15) is 13.3 Å². The Labute approximate surface area is 100 Å². The van der Waals surface area contributed by atoms with Crippen LogP contribution in [0.2, 0.25) is 0 Å². The number of rotatable bonds is 4. The van der Waals surface area contributed by atoms with Crippen LogP contribution in [-0.4, -0.2) is 18.6 Å². The topological polar surface area (TPSA) is 53.1 Å². The highest BCUT2D eigenvalue weighted by Crippen LogP contribution is 2.21. The fraction of sp³-hybridized carbons (Fsp3) is 0.385. The third-order valence-corrected chi connectivity index (χ3v) is 2.93. The van der Waals surface area contributed by atoms with Crippen molar-refractivity contribution in [2.75, 3.05) is 18.5 Å². The monoisotopic (exact) mass is 229 g/mol. The summed E-state index contributed by atoms with van der Waals surface area (Å²) in [6, 6.07) is 8.18. The van der Waals surface area contributed by atoms with Crippen LogP contribution in [0.3, 0.4) is 0 Å². The summed E-state index contributed by atoms with van der Waals surface area (Å²) in [7, 11) is 1.98. The fourth-order valence-corrected chi connectivity index (χ4v) is 1.78. The zero-order valence-corrected chi connectivity index (χ0v) is 10.1. The second-order valence-electron chi connectivity index (χ2n) is 4.12. The lowest BCUT2D eigenvalue weighted by molar-refractivity contribution is 0.601. The van der Waals surface area contributed by atoms with Crippen LogP contribution in [-0.2, 0) is 0 Å². The molecule has 1 aromatic heterocycles. The molecule has 88 valence electrons. The van der Waals surface area contributed by atoms with E-state index in [1.54, 1.807) is 0 Å². The number of anilines is 1. The molecule has 0 aliphatic heterocycles. The Bertz CT molecular complexity index is 541. The van der Waals surface area contributed by atoms with Gasteiger partial charge in [0.15, 0.2) is 12.0 Å². The molecule has 0 radical (unpaired) electrons. The molecule has 2 rings (SSSR count). The SMILES string of the molecule is CCC(C#N)CN(C)c1ccc2ncoc2c1. The van der Waals surface area contributed by atoms with E-state index in [1.165, 1.54) is 6.39 Å². The Morgan fingerprint density at radius 1 is 1.53 bits per heavy atom. The largest absolute Gasteiger partial charge is 0.443 e. The van der Waals surface area contributed by atoms with Gasteiger partial charge in [-0.05, 0) is 18.6 Å². The van der Waals surface area contributed by atoms with Gasteiger partial charge in [-0.3, -0.25) is 0 Å². The van der Waals surface area contributed by atoms with Crippen molar-refractivity contribution in [3.63, 3.8) is 0 Å². The maximum atomic E-state index is 8.96. The zero-order chi connectivity index (χ0) is 12.3. The van der Waals surface area contributed by atoms with E-state index in [0.29, 0.717) is 0 Å². The maximum Gasteiger partial charge on any atom is 0.181 e. The predicted octanol–water partition coefficient (Wildman–Crippen LogP) is 2.81. The first-order valence-electron chi connectivity index (χ1n) is 5.68. The standard InChI is InChI=1S/C13H15N3O/c1-3-10(7-14)8-16(2)11-4-5-12-13(6-11)17-9-15-12/h4-6,9-10H,3,8H2,1-2H3. The number of benzene rings is 1. The number of nitriles is 1. The second kappa shape index (κ2) is 4.88. The molecule has 0 amide bonds. The Kier molecular flexibility index (Phi) is 3.29. The van der Waals surface area contributed by atoms with Crippen molar-refractivity contribution < 1.29 is 4.42 Å². The van der Waals surface area contributed by atoms with E-state index >= 15 is 0 Å². The molecule has 1 atom stereocenters. The van der Waals surface area contributed by atoms with Crippen molar-refractivity contribution in [2.45, 2.75) is 13.3 Å². The molecule has 1 unspecified atom stereocenters. The van der Waals surface area contributed by atoms with Crippen molar-refractivity contribution in [1.29, 1.82) is 5.26 Å². The highest BCUT2D eigenvalue weighted by atomic mass is 16.3. The van der Waals surface area contributed by atoms with E-state index in [0.717, 1.165) is 29.8 Å². The number of aromatic nitrogens is 1. The molecule has 0 saturated carbocycles. The van der Waals surface area contributed by atoms with Crippen LogP contribution in [0.4, 0.5) is 5.69 Å². The Hall–Kier alpha value is -2.02. The van der Waals surface area contributed by atoms with E-state index in [4.69, 9.17) is 9.68 Å². The van der Waals surface area contributed by atoms with Gasteiger partial charge in [0, 0.05) is 25.3 Å². The van der Waals surface area contributed by atoms with Crippen LogP contribution in [0, 0.1) is 17.2 Å². The van der Waals surface area contributed by atoms with Crippen molar-refractivity contribution >= 4 is 16.8 Å². The van der Waals surface area contributed by atoms with Crippen LogP contribution >= 0.6 is 0 Å². The lowest BCUT2D eigenvalue weighted by atomic mass is 10.1. The Balaban J connectivity index is 2.18. The quantitative estimate of drug-likeness (QED) is 0.809. The lowest BCUT2D eigenvalue weighted by Gasteiger charge is -2.21. The van der Waals surface area contributed by atoms with Gasteiger partial charge in [0.1, 0.15) is 5.52 Å². The van der Waals surface area contributed by atoms with Gasteiger partial charge >= 0.3 is 0 Å². The average molecular weight is 229 g/mol. The summed E-state index contributed by atoms with van der Waals surface area (Å²) in [5.41, 5.74) is 2.68. The van der Waals surface area contributed by atoms with Crippen LogP contribution in [0.15, 0.2) is 29.0 Å². The molecular formula is C13H15N3O. The fourth-order valence-electron chi connectivity index (χ4n) is 1.78. The molecule has 0 saturated heterocycles. The molecule has 0 aliphatic carbocycles. The minimum absolute atomic E-state index is 0.0606. The van der Waals surface area contributed by atoms with Gasteiger partial charge in [0.05, 0.1) is 12.0 Å². The van der Waals surface area contributed by atoms with Gasteiger partial charge in [-0.1, -0.05) is 6.92 Å². The smallest absolute Gasteiger partial charge is 0.181 e. The van der Waals surface area contributed by atoms with Crippen LogP contribution in [0.25, 0.3) is 11.1 Å². The van der Waals surface area contributed by atoms with Crippen molar-refractivity contribution in [1.82, 2.24) is 4.98 Å². The molecule has 0 spiro atoms. The number of fused-ring (bicyclic) bond motifs is 1. The van der Waals surface area contributed by atoms with Crippen LogP contribution in [0.5, 0.6) is 0 Å². The van der Waals surface area contributed by atoms with E-state index in [1.807, 2.05) is 32.2 Å². The number of nitrogens with zero attached hydrogens (tertiary/aromatic N) is 3. The van der Waals surface area contributed by atoms with Gasteiger partial charge in [-0.25, -0.2) is 4.98 Å². The molecule has 4 nitrogen and oxygen atoms in total. The van der Waals surface area contributed by atoms with E-state index in [9.17, 15) is 0 Å². The third kappa shape index (κ3) is 2.39. The molecule has 0 bridgehead atoms. The molecule has 1 heterocycles. The first-order chi connectivity index (χ1) is 8.24. The Morgan fingerprint density at radius 3 is 3.06 bits per heavy atom. The molecule has 17 heavy (non-hydrogen) atoms. The summed E-state index contributed by atoms with van der Waals surface area (Å²) in [6.07, 6.45) is 2.31. The minimum atomic E-state index is 0.0606. The van der Waals surface area contributed by atoms with Crippen molar-refractivity contribution in [3.05, 3.63) is 24.6 Å². The molecule has 1 aromatic carbocycles. The maximum absolute atomic E-state index is 8.96. The number of hydrogen-bond acceptors (Lipinski definition) is 4. The average Bonchev–Trinajstić information content (AvgIpc) is 2.82. The third-order valence-electron chi connectivity index (χ3n) is 2.93. The summed E-state index contributed by atoms with van der Waals surface area (Å²) in [5.74, 6) is 0.0606. The molecule has 0 fully saturated rings. The summed E-state index contributed by atoms with van der Waals surface area (Å²) < 4.78 is 5.26. The number of hydrogen-bond donors (Lipinski definition) is 0. The molecule has 0 aliphatic rings. The van der Waals surface area contributed by atoms with Crippen LogP contribution < -0.4 is 4.90 Å². The highest BCUT2D eigenvalue weighted by molar-refractivity contribution is 5.77. The summed E-state index contributed by atoms with van der Waals surface area (Å²) >= 11 is 0. The summed E-state index contributed by atoms with van der Waals surface area (Å²) in [4.78, 5) is 6.14. The van der Waals surface area contributed by atoms with Crippen molar-refractivity contribution in [2.24, 2.45) is 5.92 Å². The first-order valence-corrected chi connectivity index (χ1v) is 5.68. The summed E-state index contributed by atoms with van der Waals surface area (Å²) in [6.45, 7) is 2.76. The van der Waals surface area contributed by atoms with Gasteiger partial charge in [0.2, 0.25) is 0 Å². The van der Waals surface area contributed by atoms with Gasteiger partial charge < -0.3 is 9.32 Å². The van der Waals surface area contributed by atoms with E-state index in [-0.39, 0.29) is 5.92 Å². The van der Waals surface area contributed by atoms with E-state index in [2.05, 4.69) is 16.0 Å². The molecule has 4 heteroatoms. The zero-order valence-electron chi connectivity index (χ0n) is 10.1. The normalized spacial score (nSPS) is 12.3. The molecular weight excluding hydrogens is 214 g/mol. The highest BCUT2D eigenvalue weighted by Gasteiger charge is 2.10. The molecule has 0 N–H and O–H groups in total. The molecule has 2 aromatic rings. The van der Waals surface area contributed by atoms with Gasteiger partial charge in [0.25, 0.3) is 0 Å². The van der Waals surface area contributed by atoms with E-state index < -0.39 is 0 Å². The Morgan fingerprint density at radius 2 is 2.35 bits per heavy atom. The van der Waals surface area contributed by atoms with Gasteiger partial charge in [-0.15, -0.1) is 0 Å². The number of oxazole rings is 1.